The Morgan fingerprint density at radius 3 is 2.67 bits per heavy atom. The van der Waals surface area contributed by atoms with Crippen molar-refractivity contribution < 1.29 is 4.74 Å². The molecule has 0 saturated heterocycles. The molecule has 2 heteroatoms. The molecule has 0 aromatic carbocycles. The number of hydrogen-bond donors (Lipinski definition) is 0. The average molecular weight is 231 g/mol. The zero-order valence-corrected chi connectivity index (χ0v) is 10.9. The smallest absolute Gasteiger partial charge is 0.0658 e. The van der Waals surface area contributed by atoms with Crippen LogP contribution in [0, 0.1) is 5.92 Å². The molecule has 0 saturated carbocycles. The molecule has 0 amide bonds. The Morgan fingerprint density at radius 1 is 1.33 bits per heavy atom. The van der Waals surface area contributed by atoms with Gasteiger partial charge in [0.25, 0.3) is 0 Å². The van der Waals surface area contributed by atoms with Crippen molar-refractivity contribution in [3.8, 4) is 0 Å². The van der Waals surface area contributed by atoms with Crippen LogP contribution in [0.15, 0.2) is 23.3 Å². The highest BCUT2D eigenvalue weighted by atomic mass is 35.5. The second-order valence-electron chi connectivity index (χ2n) is 4.19. The van der Waals surface area contributed by atoms with Gasteiger partial charge < -0.3 is 4.74 Å². The molecule has 0 N–H and O–H groups in total. The van der Waals surface area contributed by atoms with Gasteiger partial charge in [-0.1, -0.05) is 30.2 Å². The first-order chi connectivity index (χ1) is 7.16. The predicted octanol–water partition coefficient (Wildman–Crippen LogP) is 4.53. The molecular formula is C13H23ClO. The van der Waals surface area contributed by atoms with Gasteiger partial charge >= 0.3 is 0 Å². The standard InChI is InChI=1S/C13H23ClO/c1-12(2)6-4-7-13(3)8-11-15-10-5-9-14/h5-6,9,13H,4,7-8,10-11H2,1-3H3/b9-5-. The molecule has 15 heavy (non-hydrogen) atoms. The summed E-state index contributed by atoms with van der Waals surface area (Å²) in [6.45, 7) is 8.03. The summed E-state index contributed by atoms with van der Waals surface area (Å²) in [5, 5.41) is 0. The molecule has 1 nitrogen and oxygen atoms in total. The van der Waals surface area contributed by atoms with Crippen molar-refractivity contribution in [1.82, 2.24) is 0 Å². The van der Waals surface area contributed by atoms with Crippen molar-refractivity contribution in [2.45, 2.75) is 40.0 Å². The van der Waals surface area contributed by atoms with Gasteiger partial charge in [0.15, 0.2) is 0 Å². The Bertz CT molecular complexity index is 193. The molecule has 1 unspecified atom stereocenters. The van der Waals surface area contributed by atoms with E-state index in [0.29, 0.717) is 6.61 Å². The lowest BCUT2D eigenvalue weighted by Crippen LogP contribution is -2.01. The third kappa shape index (κ3) is 11.7. The van der Waals surface area contributed by atoms with Crippen LogP contribution in [0.5, 0.6) is 0 Å². The lowest BCUT2D eigenvalue weighted by atomic mass is 10.0. The molecule has 0 radical (unpaired) electrons. The maximum absolute atomic E-state index is 5.39. The highest BCUT2D eigenvalue weighted by Crippen LogP contribution is 2.11. The van der Waals surface area contributed by atoms with Crippen LogP contribution in [0.2, 0.25) is 0 Å². The van der Waals surface area contributed by atoms with E-state index in [1.54, 1.807) is 0 Å². The van der Waals surface area contributed by atoms with E-state index >= 15 is 0 Å². The Hall–Kier alpha value is -0.270. The number of hydrogen-bond acceptors (Lipinski definition) is 1. The molecule has 0 rings (SSSR count). The monoisotopic (exact) mass is 230 g/mol. The SMILES string of the molecule is CC(C)=CCCC(C)CCOC/C=C\Cl. The molecule has 0 aromatic heterocycles. The fourth-order valence-corrected chi connectivity index (χ4v) is 1.35. The molecule has 0 aliphatic carbocycles. The summed E-state index contributed by atoms with van der Waals surface area (Å²) in [5.41, 5.74) is 2.91. The average Bonchev–Trinajstić information content (AvgIpc) is 2.17. The van der Waals surface area contributed by atoms with Crippen molar-refractivity contribution in [1.29, 1.82) is 0 Å². The molecule has 88 valence electrons. The molecule has 0 spiro atoms. The molecular weight excluding hydrogens is 208 g/mol. The Morgan fingerprint density at radius 2 is 2.07 bits per heavy atom. The molecule has 0 fully saturated rings. The van der Waals surface area contributed by atoms with E-state index in [1.807, 2.05) is 6.08 Å². The van der Waals surface area contributed by atoms with Gasteiger partial charge in [-0.25, -0.2) is 0 Å². The van der Waals surface area contributed by atoms with E-state index in [4.69, 9.17) is 16.3 Å². The van der Waals surface area contributed by atoms with Crippen LogP contribution in [0.4, 0.5) is 0 Å². The van der Waals surface area contributed by atoms with Gasteiger partial charge in [0.2, 0.25) is 0 Å². The van der Waals surface area contributed by atoms with Crippen LogP contribution < -0.4 is 0 Å². The first-order valence-electron chi connectivity index (χ1n) is 5.63. The summed E-state index contributed by atoms with van der Waals surface area (Å²) >= 11 is 5.37. The zero-order chi connectivity index (χ0) is 11.5. The maximum atomic E-state index is 5.39. The molecule has 0 heterocycles. The van der Waals surface area contributed by atoms with E-state index < -0.39 is 0 Å². The second kappa shape index (κ2) is 10.3. The summed E-state index contributed by atoms with van der Waals surface area (Å²) in [6, 6.07) is 0. The lowest BCUT2D eigenvalue weighted by Gasteiger charge is -2.09. The molecule has 1 atom stereocenters. The third-order valence-electron chi connectivity index (χ3n) is 2.27. The van der Waals surface area contributed by atoms with Gasteiger partial charge in [-0.2, -0.15) is 0 Å². The van der Waals surface area contributed by atoms with Gasteiger partial charge in [0.1, 0.15) is 0 Å². The topological polar surface area (TPSA) is 9.23 Å². The predicted molar refractivity (Wildman–Crippen MR) is 68.3 cm³/mol. The summed E-state index contributed by atoms with van der Waals surface area (Å²) < 4.78 is 5.39. The molecule has 0 aliphatic heterocycles. The first-order valence-corrected chi connectivity index (χ1v) is 6.06. The van der Waals surface area contributed by atoms with Crippen molar-refractivity contribution >= 4 is 11.6 Å². The van der Waals surface area contributed by atoms with Gasteiger partial charge in [-0.3, -0.25) is 0 Å². The van der Waals surface area contributed by atoms with Gasteiger partial charge in [-0.05, 0) is 45.1 Å². The lowest BCUT2D eigenvalue weighted by molar-refractivity contribution is 0.146. The maximum Gasteiger partial charge on any atom is 0.0658 e. The summed E-state index contributed by atoms with van der Waals surface area (Å²) in [5.74, 6) is 0.737. The zero-order valence-electron chi connectivity index (χ0n) is 10.1. The van der Waals surface area contributed by atoms with Gasteiger partial charge in [-0.15, -0.1) is 0 Å². The van der Waals surface area contributed by atoms with E-state index in [0.717, 1.165) is 18.9 Å². The molecule has 0 aliphatic rings. The summed E-state index contributed by atoms with van der Waals surface area (Å²) in [7, 11) is 0. The minimum atomic E-state index is 0.629. The fourth-order valence-electron chi connectivity index (χ4n) is 1.27. The van der Waals surface area contributed by atoms with E-state index in [1.165, 1.54) is 23.9 Å². The van der Waals surface area contributed by atoms with Crippen molar-refractivity contribution in [2.75, 3.05) is 13.2 Å². The number of rotatable bonds is 8. The van der Waals surface area contributed by atoms with Crippen molar-refractivity contribution in [3.63, 3.8) is 0 Å². The third-order valence-corrected chi connectivity index (χ3v) is 2.45. The largest absolute Gasteiger partial charge is 0.377 e. The Kier molecular flexibility index (Phi) is 10.1. The van der Waals surface area contributed by atoms with Crippen LogP contribution in [0.1, 0.15) is 40.0 Å². The normalized spacial score (nSPS) is 13.1. The van der Waals surface area contributed by atoms with Crippen molar-refractivity contribution in [3.05, 3.63) is 23.3 Å². The van der Waals surface area contributed by atoms with Crippen molar-refractivity contribution in [2.24, 2.45) is 5.92 Å². The van der Waals surface area contributed by atoms with E-state index in [2.05, 4.69) is 26.8 Å². The quantitative estimate of drug-likeness (QED) is 0.440. The Balaban J connectivity index is 3.33. The summed E-state index contributed by atoms with van der Waals surface area (Å²) in [6.07, 6.45) is 7.68. The molecule has 0 bridgehead atoms. The highest BCUT2D eigenvalue weighted by Gasteiger charge is 2.00. The van der Waals surface area contributed by atoms with Gasteiger partial charge in [0.05, 0.1) is 6.61 Å². The minimum absolute atomic E-state index is 0.629. The van der Waals surface area contributed by atoms with Crippen LogP contribution in [0.25, 0.3) is 0 Å². The van der Waals surface area contributed by atoms with Crippen LogP contribution >= 0.6 is 11.6 Å². The molecule has 0 aromatic rings. The second-order valence-corrected chi connectivity index (χ2v) is 4.44. The van der Waals surface area contributed by atoms with Crippen LogP contribution in [0.3, 0.4) is 0 Å². The minimum Gasteiger partial charge on any atom is -0.377 e. The number of allylic oxidation sites excluding steroid dienone is 2. The first kappa shape index (κ1) is 14.7. The highest BCUT2D eigenvalue weighted by molar-refractivity contribution is 6.25. The number of halogens is 1. The van der Waals surface area contributed by atoms with Gasteiger partial charge in [0, 0.05) is 12.1 Å². The fraction of sp³-hybridized carbons (Fsp3) is 0.692. The summed E-state index contributed by atoms with van der Waals surface area (Å²) in [4.78, 5) is 0. The van der Waals surface area contributed by atoms with E-state index in [-0.39, 0.29) is 0 Å². The van der Waals surface area contributed by atoms with Crippen LogP contribution in [-0.2, 0) is 4.74 Å². The number of ether oxygens (including phenoxy) is 1. The Labute approximate surface area is 99.2 Å². The van der Waals surface area contributed by atoms with Crippen LogP contribution in [-0.4, -0.2) is 13.2 Å². The van der Waals surface area contributed by atoms with E-state index in [9.17, 15) is 0 Å².